The molecule has 3 aromatic carbocycles. The summed E-state index contributed by atoms with van der Waals surface area (Å²) in [6.07, 6.45) is 3.26. The lowest BCUT2D eigenvalue weighted by Crippen LogP contribution is -2.32. The SMILES string of the molecule is COc1cc(OC)cc(C(=O)C=c2sc(=Cc3ccc(Cl)cc3)c(=O)n2Cc2ccc(Cl)cc2)c1. The van der Waals surface area contributed by atoms with Gasteiger partial charge in [-0.1, -0.05) is 47.5 Å². The minimum absolute atomic E-state index is 0.192. The van der Waals surface area contributed by atoms with E-state index in [2.05, 4.69) is 0 Å². The number of carbonyl (C=O) groups excluding carboxylic acids is 1. The van der Waals surface area contributed by atoms with Gasteiger partial charge in [0.15, 0.2) is 5.78 Å². The van der Waals surface area contributed by atoms with E-state index in [9.17, 15) is 9.59 Å². The summed E-state index contributed by atoms with van der Waals surface area (Å²) < 4.78 is 13.2. The standard InChI is InChI=1S/C27H21Cl2NO4S/c1-33-22-12-19(13-23(14-22)34-2)24(31)15-26-30(16-18-5-9-21(29)10-6-18)27(32)25(35-26)11-17-3-7-20(28)8-4-17/h3-15H,16H2,1-2H3. The molecule has 0 unspecified atom stereocenters. The third kappa shape index (κ3) is 6.03. The van der Waals surface area contributed by atoms with Crippen LogP contribution in [0.5, 0.6) is 11.5 Å². The zero-order valence-electron chi connectivity index (χ0n) is 19.0. The molecule has 5 nitrogen and oxygen atoms in total. The molecule has 4 aromatic rings. The van der Waals surface area contributed by atoms with Gasteiger partial charge in [0.25, 0.3) is 5.56 Å². The average molecular weight is 526 g/mol. The number of ether oxygens (including phenoxy) is 2. The minimum Gasteiger partial charge on any atom is -0.497 e. The van der Waals surface area contributed by atoms with Crippen LogP contribution in [0, 0.1) is 0 Å². The lowest BCUT2D eigenvalue weighted by atomic mass is 10.1. The number of benzene rings is 3. The molecule has 0 saturated carbocycles. The lowest BCUT2D eigenvalue weighted by molar-refractivity contribution is 0.106. The number of methoxy groups -OCH3 is 2. The summed E-state index contributed by atoms with van der Waals surface area (Å²) in [6, 6.07) is 19.4. The summed E-state index contributed by atoms with van der Waals surface area (Å²) in [4.78, 5) is 26.6. The Bertz CT molecular complexity index is 1520. The number of hydrogen-bond donors (Lipinski definition) is 0. The van der Waals surface area contributed by atoms with Crippen molar-refractivity contribution in [2.75, 3.05) is 14.2 Å². The fourth-order valence-electron chi connectivity index (χ4n) is 3.42. The monoisotopic (exact) mass is 525 g/mol. The van der Waals surface area contributed by atoms with Gasteiger partial charge in [-0.2, -0.15) is 0 Å². The van der Waals surface area contributed by atoms with E-state index >= 15 is 0 Å². The van der Waals surface area contributed by atoms with Crippen molar-refractivity contribution < 1.29 is 14.3 Å². The summed E-state index contributed by atoms with van der Waals surface area (Å²) in [5, 5.41) is 1.22. The molecular formula is C27H21Cl2NO4S. The second-order valence-electron chi connectivity index (χ2n) is 7.63. The van der Waals surface area contributed by atoms with Crippen LogP contribution in [0.4, 0.5) is 0 Å². The van der Waals surface area contributed by atoms with Gasteiger partial charge < -0.3 is 9.47 Å². The maximum absolute atomic E-state index is 13.4. The van der Waals surface area contributed by atoms with Gasteiger partial charge in [0.2, 0.25) is 0 Å². The van der Waals surface area contributed by atoms with E-state index in [1.54, 1.807) is 53.1 Å². The summed E-state index contributed by atoms with van der Waals surface area (Å²) in [5.74, 6) is 0.733. The highest BCUT2D eigenvalue weighted by Gasteiger charge is 2.11. The maximum Gasteiger partial charge on any atom is 0.269 e. The highest BCUT2D eigenvalue weighted by Crippen LogP contribution is 2.23. The molecule has 0 fully saturated rings. The first-order chi connectivity index (χ1) is 16.9. The predicted octanol–water partition coefficient (Wildman–Crippen LogP) is 4.77. The number of nitrogens with zero attached hydrogens (tertiary/aromatic N) is 1. The Morgan fingerprint density at radius 2 is 1.49 bits per heavy atom. The molecule has 1 heterocycles. The molecule has 0 aliphatic heterocycles. The van der Waals surface area contributed by atoms with Crippen molar-refractivity contribution in [1.29, 1.82) is 0 Å². The summed E-state index contributed by atoms with van der Waals surface area (Å²) in [7, 11) is 3.04. The number of aromatic nitrogens is 1. The number of halogens is 2. The number of rotatable bonds is 7. The summed E-state index contributed by atoms with van der Waals surface area (Å²) in [5.41, 5.74) is 1.92. The largest absolute Gasteiger partial charge is 0.497 e. The van der Waals surface area contributed by atoms with Crippen molar-refractivity contribution in [2.45, 2.75) is 6.54 Å². The Hall–Kier alpha value is -3.32. The van der Waals surface area contributed by atoms with Crippen molar-refractivity contribution >= 4 is 52.5 Å². The number of Topliss-reactive ketones (excluding diaryl/α,β-unsaturated/α-hetero) is 1. The Morgan fingerprint density at radius 3 is 2.06 bits per heavy atom. The molecule has 0 N–H and O–H groups in total. The average Bonchev–Trinajstić information content (AvgIpc) is 3.15. The summed E-state index contributed by atoms with van der Waals surface area (Å²) in [6.45, 7) is 0.293. The van der Waals surface area contributed by atoms with Crippen LogP contribution in [-0.4, -0.2) is 24.6 Å². The predicted molar refractivity (Wildman–Crippen MR) is 142 cm³/mol. The summed E-state index contributed by atoms with van der Waals surface area (Å²) >= 11 is 13.3. The van der Waals surface area contributed by atoms with Crippen molar-refractivity contribution in [3.05, 3.63) is 113 Å². The number of thiazole rings is 1. The van der Waals surface area contributed by atoms with Gasteiger partial charge >= 0.3 is 0 Å². The Balaban J connectivity index is 1.85. The first kappa shape index (κ1) is 24.8. The van der Waals surface area contributed by atoms with Gasteiger partial charge in [-0.05, 0) is 53.6 Å². The molecule has 0 atom stereocenters. The fourth-order valence-corrected chi connectivity index (χ4v) is 4.71. The van der Waals surface area contributed by atoms with Gasteiger partial charge in [-0.3, -0.25) is 14.2 Å². The van der Waals surface area contributed by atoms with Gasteiger partial charge in [-0.15, -0.1) is 11.3 Å². The van der Waals surface area contributed by atoms with E-state index < -0.39 is 0 Å². The molecule has 0 aliphatic carbocycles. The second kappa shape index (κ2) is 11.0. The third-order valence-electron chi connectivity index (χ3n) is 5.25. The first-order valence-electron chi connectivity index (χ1n) is 10.6. The molecule has 0 aliphatic rings. The van der Waals surface area contributed by atoms with Crippen molar-refractivity contribution in [3.63, 3.8) is 0 Å². The van der Waals surface area contributed by atoms with Crippen LogP contribution < -0.4 is 24.2 Å². The quantitative estimate of drug-likeness (QED) is 0.326. The van der Waals surface area contributed by atoms with Crippen LogP contribution >= 0.6 is 34.5 Å². The first-order valence-corrected chi connectivity index (χ1v) is 12.1. The molecular weight excluding hydrogens is 505 g/mol. The molecule has 0 radical (unpaired) electrons. The smallest absolute Gasteiger partial charge is 0.269 e. The number of carbonyl (C=O) groups is 1. The molecule has 8 heteroatoms. The normalized spacial score (nSPS) is 12.1. The van der Waals surface area contributed by atoms with E-state index in [4.69, 9.17) is 32.7 Å². The molecule has 35 heavy (non-hydrogen) atoms. The third-order valence-corrected chi connectivity index (χ3v) is 6.81. The number of hydrogen-bond acceptors (Lipinski definition) is 5. The van der Waals surface area contributed by atoms with Crippen molar-refractivity contribution in [3.8, 4) is 11.5 Å². The Kier molecular flexibility index (Phi) is 7.76. The topological polar surface area (TPSA) is 57.5 Å². The fraction of sp³-hybridized carbons (Fsp3) is 0.111. The van der Waals surface area contributed by atoms with E-state index in [-0.39, 0.29) is 11.3 Å². The maximum atomic E-state index is 13.4. The molecule has 0 saturated heterocycles. The molecule has 0 amide bonds. The highest BCUT2D eigenvalue weighted by molar-refractivity contribution is 7.07. The van der Waals surface area contributed by atoms with Crippen molar-refractivity contribution in [1.82, 2.24) is 4.57 Å². The van der Waals surface area contributed by atoms with Crippen LogP contribution in [0.2, 0.25) is 10.0 Å². The molecule has 1 aromatic heterocycles. The van der Waals surface area contributed by atoms with Gasteiger partial charge in [0.05, 0.1) is 25.3 Å². The van der Waals surface area contributed by atoms with Crippen LogP contribution in [-0.2, 0) is 6.54 Å². The minimum atomic E-state index is -0.272. The molecule has 178 valence electrons. The van der Waals surface area contributed by atoms with Crippen LogP contribution in [0.1, 0.15) is 21.5 Å². The lowest BCUT2D eigenvalue weighted by Gasteiger charge is -2.06. The van der Waals surface area contributed by atoms with E-state index in [1.807, 2.05) is 24.3 Å². The van der Waals surface area contributed by atoms with E-state index in [1.165, 1.54) is 31.6 Å². The van der Waals surface area contributed by atoms with E-state index in [0.717, 1.165) is 11.1 Å². The van der Waals surface area contributed by atoms with Crippen molar-refractivity contribution in [2.24, 2.45) is 0 Å². The zero-order chi connectivity index (χ0) is 24.9. The number of ketones is 1. The van der Waals surface area contributed by atoms with Crippen LogP contribution in [0.15, 0.2) is 71.5 Å². The van der Waals surface area contributed by atoms with E-state index in [0.29, 0.717) is 42.8 Å². The molecule has 4 rings (SSSR count). The highest BCUT2D eigenvalue weighted by atomic mass is 35.5. The Morgan fingerprint density at radius 1 is 0.914 bits per heavy atom. The second-order valence-corrected chi connectivity index (χ2v) is 9.56. The van der Waals surface area contributed by atoms with Crippen LogP contribution in [0.25, 0.3) is 12.2 Å². The van der Waals surface area contributed by atoms with Gasteiger partial charge in [-0.25, -0.2) is 0 Å². The molecule has 0 spiro atoms. The zero-order valence-corrected chi connectivity index (χ0v) is 21.3. The van der Waals surface area contributed by atoms with Gasteiger partial charge in [0, 0.05) is 27.8 Å². The van der Waals surface area contributed by atoms with Crippen LogP contribution in [0.3, 0.4) is 0 Å². The van der Waals surface area contributed by atoms with Gasteiger partial charge in [0.1, 0.15) is 16.2 Å². The molecule has 0 bridgehead atoms. The Labute approximate surface area is 216 Å².